The third-order valence-electron chi connectivity index (χ3n) is 4.43. The number of thiophene rings is 1. The van der Waals surface area contributed by atoms with Gasteiger partial charge in [0.05, 0.1) is 0 Å². The summed E-state index contributed by atoms with van der Waals surface area (Å²) >= 11 is 3.75. The Labute approximate surface area is 121 Å². The number of hydrogen-bond donors (Lipinski definition) is 1. The molecule has 1 N–H and O–H groups in total. The standard InChI is InChI=1S/C14H18N2OS2/c17-13-14(5-6-14)15-12(11-4-2-8-19-11)16(13)10-3-1-7-18-9-10/h2,4,8,10,12,15H,1,3,5-7,9H2. The van der Waals surface area contributed by atoms with Gasteiger partial charge in [0, 0.05) is 16.7 Å². The Hall–Kier alpha value is -0.520. The van der Waals surface area contributed by atoms with Gasteiger partial charge in [0.15, 0.2) is 0 Å². The van der Waals surface area contributed by atoms with E-state index in [1.54, 1.807) is 11.3 Å². The highest BCUT2D eigenvalue weighted by molar-refractivity contribution is 7.99. The van der Waals surface area contributed by atoms with Gasteiger partial charge in [-0.05, 0) is 42.9 Å². The summed E-state index contributed by atoms with van der Waals surface area (Å²) in [6.07, 6.45) is 4.56. The van der Waals surface area contributed by atoms with E-state index in [0.717, 1.165) is 18.6 Å². The van der Waals surface area contributed by atoms with Crippen LogP contribution in [0.2, 0.25) is 0 Å². The van der Waals surface area contributed by atoms with Crippen LogP contribution >= 0.6 is 23.1 Å². The molecule has 1 amide bonds. The SMILES string of the molecule is O=C1N(C2CCCSC2)C(c2cccs2)NC12CC2. The zero-order valence-corrected chi connectivity index (χ0v) is 12.4. The fraction of sp³-hybridized carbons (Fsp3) is 0.643. The smallest absolute Gasteiger partial charge is 0.244 e. The lowest BCUT2D eigenvalue weighted by molar-refractivity contribution is -0.132. The topological polar surface area (TPSA) is 32.3 Å². The van der Waals surface area contributed by atoms with Crippen LogP contribution in [0.3, 0.4) is 0 Å². The van der Waals surface area contributed by atoms with Crippen LogP contribution in [0.25, 0.3) is 0 Å². The summed E-state index contributed by atoms with van der Waals surface area (Å²) in [5.74, 6) is 2.71. The molecule has 1 saturated carbocycles. The van der Waals surface area contributed by atoms with Crippen LogP contribution in [-0.4, -0.2) is 33.9 Å². The lowest BCUT2D eigenvalue weighted by atomic mass is 10.1. The van der Waals surface area contributed by atoms with Crippen molar-refractivity contribution in [1.29, 1.82) is 0 Å². The monoisotopic (exact) mass is 294 g/mol. The van der Waals surface area contributed by atoms with Gasteiger partial charge >= 0.3 is 0 Å². The number of carbonyl (C=O) groups excluding carboxylic acids is 1. The van der Waals surface area contributed by atoms with E-state index in [-0.39, 0.29) is 11.7 Å². The van der Waals surface area contributed by atoms with Crippen LogP contribution in [0, 0.1) is 0 Å². The average Bonchev–Trinajstić information content (AvgIpc) is 2.92. The first kappa shape index (κ1) is 12.2. The summed E-state index contributed by atoms with van der Waals surface area (Å²) in [7, 11) is 0. The molecule has 3 fully saturated rings. The molecule has 3 nitrogen and oxygen atoms in total. The highest BCUT2D eigenvalue weighted by Crippen LogP contribution is 2.48. The number of nitrogens with one attached hydrogen (secondary N) is 1. The maximum Gasteiger partial charge on any atom is 0.244 e. The van der Waals surface area contributed by atoms with Crippen molar-refractivity contribution in [2.45, 2.75) is 43.4 Å². The third kappa shape index (κ3) is 1.94. The molecule has 1 aromatic rings. The number of rotatable bonds is 2. The predicted molar refractivity (Wildman–Crippen MR) is 79.4 cm³/mol. The van der Waals surface area contributed by atoms with Crippen molar-refractivity contribution in [3.05, 3.63) is 22.4 Å². The highest BCUT2D eigenvalue weighted by Gasteiger charge is 2.60. The highest BCUT2D eigenvalue weighted by atomic mass is 32.2. The second kappa shape index (κ2) is 4.50. The van der Waals surface area contributed by atoms with Crippen molar-refractivity contribution < 1.29 is 4.79 Å². The van der Waals surface area contributed by atoms with Crippen LogP contribution in [0.15, 0.2) is 17.5 Å². The van der Waals surface area contributed by atoms with Crippen LogP contribution in [0.5, 0.6) is 0 Å². The van der Waals surface area contributed by atoms with E-state index in [1.165, 1.54) is 23.5 Å². The second-order valence-electron chi connectivity index (χ2n) is 5.73. The molecule has 2 aliphatic heterocycles. The first-order chi connectivity index (χ1) is 9.30. The van der Waals surface area contributed by atoms with E-state index < -0.39 is 0 Å². The first-order valence-electron chi connectivity index (χ1n) is 7.02. The Morgan fingerprint density at radius 3 is 2.95 bits per heavy atom. The normalized spacial score (nSPS) is 33.1. The van der Waals surface area contributed by atoms with Crippen LogP contribution < -0.4 is 5.32 Å². The third-order valence-corrected chi connectivity index (χ3v) is 6.55. The molecule has 1 spiro atoms. The average molecular weight is 294 g/mol. The van der Waals surface area contributed by atoms with E-state index in [1.807, 2.05) is 11.8 Å². The summed E-state index contributed by atoms with van der Waals surface area (Å²) in [4.78, 5) is 16.2. The molecule has 4 rings (SSSR count). The Bertz CT molecular complexity index is 478. The van der Waals surface area contributed by atoms with Crippen LogP contribution in [-0.2, 0) is 4.79 Å². The summed E-state index contributed by atoms with van der Waals surface area (Å²) in [5, 5.41) is 5.72. The first-order valence-corrected chi connectivity index (χ1v) is 9.05. The Balaban J connectivity index is 1.66. The molecular weight excluding hydrogens is 276 g/mol. The van der Waals surface area contributed by atoms with E-state index >= 15 is 0 Å². The van der Waals surface area contributed by atoms with Gasteiger partial charge in [0.1, 0.15) is 11.7 Å². The van der Waals surface area contributed by atoms with Crippen molar-refractivity contribution in [3.63, 3.8) is 0 Å². The summed E-state index contributed by atoms with van der Waals surface area (Å²) < 4.78 is 0. The molecule has 2 saturated heterocycles. The Morgan fingerprint density at radius 2 is 2.32 bits per heavy atom. The fourth-order valence-corrected chi connectivity index (χ4v) is 5.12. The van der Waals surface area contributed by atoms with Gasteiger partial charge in [0.25, 0.3) is 0 Å². The predicted octanol–water partition coefficient (Wildman–Crippen LogP) is 2.61. The molecule has 0 aromatic carbocycles. The van der Waals surface area contributed by atoms with Gasteiger partial charge in [-0.2, -0.15) is 11.8 Å². The van der Waals surface area contributed by atoms with Crippen LogP contribution in [0.4, 0.5) is 0 Å². The number of hydrogen-bond acceptors (Lipinski definition) is 4. The number of carbonyl (C=O) groups is 1. The minimum absolute atomic E-state index is 0.124. The quantitative estimate of drug-likeness (QED) is 0.910. The van der Waals surface area contributed by atoms with E-state index in [4.69, 9.17) is 0 Å². The largest absolute Gasteiger partial charge is 0.317 e. The molecule has 3 aliphatic rings. The van der Waals surface area contributed by atoms with Gasteiger partial charge in [-0.3, -0.25) is 10.1 Å². The molecule has 2 atom stereocenters. The van der Waals surface area contributed by atoms with E-state index in [9.17, 15) is 4.79 Å². The van der Waals surface area contributed by atoms with E-state index in [2.05, 4.69) is 27.7 Å². The zero-order chi connectivity index (χ0) is 12.9. The molecule has 5 heteroatoms. The Morgan fingerprint density at radius 1 is 1.42 bits per heavy atom. The molecule has 3 heterocycles. The van der Waals surface area contributed by atoms with Crippen LogP contribution in [0.1, 0.15) is 36.7 Å². The maximum absolute atomic E-state index is 12.8. The zero-order valence-electron chi connectivity index (χ0n) is 10.8. The minimum atomic E-state index is -0.198. The molecule has 1 aromatic heterocycles. The lowest BCUT2D eigenvalue weighted by Crippen LogP contribution is -2.43. The summed E-state index contributed by atoms with van der Waals surface area (Å²) in [5.41, 5.74) is -0.198. The molecule has 19 heavy (non-hydrogen) atoms. The van der Waals surface area contributed by atoms with Crippen molar-refractivity contribution in [3.8, 4) is 0 Å². The molecule has 1 aliphatic carbocycles. The number of thioether (sulfide) groups is 1. The van der Waals surface area contributed by atoms with Gasteiger partial charge in [-0.1, -0.05) is 6.07 Å². The second-order valence-corrected chi connectivity index (χ2v) is 7.86. The van der Waals surface area contributed by atoms with Crippen molar-refractivity contribution in [2.75, 3.05) is 11.5 Å². The number of nitrogens with zero attached hydrogens (tertiary/aromatic N) is 1. The molecule has 0 bridgehead atoms. The van der Waals surface area contributed by atoms with Crippen molar-refractivity contribution in [2.24, 2.45) is 0 Å². The fourth-order valence-electron chi connectivity index (χ4n) is 3.22. The van der Waals surface area contributed by atoms with Gasteiger partial charge in [0.2, 0.25) is 5.91 Å². The van der Waals surface area contributed by atoms with E-state index in [0.29, 0.717) is 11.9 Å². The molecule has 0 radical (unpaired) electrons. The van der Waals surface area contributed by atoms with Crippen molar-refractivity contribution in [1.82, 2.24) is 10.2 Å². The van der Waals surface area contributed by atoms with Gasteiger partial charge in [-0.25, -0.2) is 0 Å². The minimum Gasteiger partial charge on any atom is -0.317 e. The van der Waals surface area contributed by atoms with Crippen molar-refractivity contribution >= 4 is 29.0 Å². The molecule has 102 valence electrons. The Kier molecular flexibility index (Phi) is 2.90. The maximum atomic E-state index is 12.8. The lowest BCUT2D eigenvalue weighted by Gasteiger charge is -2.34. The molecule has 2 unspecified atom stereocenters. The summed E-state index contributed by atoms with van der Waals surface area (Å²) in [6.45, 7) is 0. The summed E-state index contributed by atoms with van der Waals surface area (Å²) in [6, 6.07) is 4.66. The van der Waals surface area contributed by atoms with Gasteiger partial charge < -0.3 is 4.90 Å². The van der Waals surface area contributed by atoms with Gasteiger partial charge in [-0.15, -0.1) is 11.3 Å². The number of amides is 1. The molecular formula is C14H18N2OS2.